The van der Waals surface area contributed by atoms with Crippen molar-refractivity contribution in [2.45, 2.75) is 19.9 Å². The first-order chi connectivity index (χ1) is 11.9. The quantitative estimate of drug-likeness (QED) is 0.663. The molecule has 0 bridgehead atoms. The third kappa shape index (κ3) is 3.19. The first kappa shape index (κ1) is 16.6. The van der Waals surface area contributed by atoms with Gasteiger partial charge in [0.05, 0.1) is 12.0 Å². The maximum Gasteiger partial charge on any atom is 0.335 e. The Morgan fingerprint density at radius 1 is 1.08 bits per heavy atom. The lowest BCUT2D eigenvalue weighted by Gasteiger charge is -2.10. The number of hydrogen-bond acceptors (Lipinski definition) is 3. The largest absolute Gasteiger partial charge is 0.508 e. The number of fused-ring (bicyclic) bond motifs is 1. The van der Waals surface area contributed by atoms with Crippen molar-refractivity contribution in [3.05, 3.63) is 64.8 Å². The number of aromatic carboxylic acids is 1. The number of aromatic nitrogens is 1. The van der Waals surface area contributed by atoms with Gasteiger partial charge in [-0.15, -0.1) is 0 Å². The molecule has 0 spiro atoms. The highest BCUT2D eigenvalue weighted by atomic mass is 16.4. The fourth-order valence-electron chi connectivity index (χ4n) is 3.10. The van der Waals surface area contributed by atoms with Crippen LogP contribution in [-0.4, -0.2) is 31.8 Å². The van der Waals surface area contributed by atoms with Crippen LogP contribution in [0.1, 0.15) is 27.2 Å². The number of carbonyl (C=O) groups is 2. The van der Waals surface area contributed by atoms with Crippen molar-refractivity contribution in [2.24, 2.45) is 0 Å². The van der Waals surface area contributed by atoms with Crippen molar-refractivity contribution in [2.75, 3.05) is 0 Å². The number of benzene rings is 2. The molecular weight excluding hydrogens is 322 g/mol. The third-order valence-electron chi connectivity index (χ3n) is 4.28. The summed E-state index contributed by atoms with van der Waals surface area (Å²) in [5, 5.41) is 28.8. The van der Waals surface area contributed by atoms with Crippen LogP contribution in [0.4, 0.5) is 0 Å². The first-order valence-corrected chi connectivity index (χ1v) is 7.71. The second-order valence-electron chi connectivity index (χ2n) is 5.93. The van der Waals surface area contributed by atoms with E-state index in [4.69, 9.17) is 0 Å². The number of hydrogen-bond donors (Lipinski definition) is 3. The highest BCUT2D eigenvalue weighted by molar-refractivity contribution is 5.96. The molecule has 128 valence electrons. The van der Waals surface area contributed by atoms with Crippen LogP contribution in [0.2, 0.25) is 0 Å². The number of phenols is 1. The summed E-state index contributed by atoms with van der Waals surface area (Å²) in [5.74, 6) is -1.84. The minimum Gasteiger partial charge on any atom is -0.508 e. The summed E-state index contributed by atoms with van der Waals surface area (Å²) in [6.45, 7) is 2.22. The topological polar surface area (TPSA) is 99.8 Å². The van der Waals surface area contributed by atoms with Crippen LogP contribution in [-0.2, 0) is 17.8 Å². The van der Waals surface area contributed by atoms with E-state index in [0.29, 0.717) is 17.6 Å². The molecule has 0 aliphatic carbocycles. The van der Waals surface area contributed by atoms with E-state index in [1.54, 1.807) is 30.3 Å². The number of aliphatic carboxylic acids is 1. The van der Waals surface area contributed by atoms with Crippen LogP contribution in [0.5, 0.6) is 5.75 Å². The molecular formula is C19H17NO5. The lowest BCUT2D eigenvalue weighted by molar-refractivity contribution is -0.136. The third-order valence-corrected chi connectivity index (χ3v) is 4.28. The molecule has 3 aromatic rings. The van der Waals surface area contributed by atoms with Gasteiger partial charge in [-0.1, -0.05) is 18.2 Å². The number of nitrogens with zero attached hydrogens (tertiary/aromatic N) is 1. The summed E-state index contributed by atoms with van der Waals surface area (Å²) in [4.78, 5) is 22.5. The molecule has 1 aromatic heterocycles. The molecule has 0 amide bonds. The molecule has 2 aromatic carbocycles. The van der Waals surface area contributed by atoms with Gasteiger partial charge in [0.1, 0.15) is 5.75 Å². The maximum absolute atomic E-state index is 11.3. The van der Waals surface area contributed by atoms with Gasteiger partial charge in [-0.05, 0) is 42.3 Å². The molecule has 6 nitrogen and oxygen atoms in total. The molecule has 1 heterocycles. The van der Waals surface area contributed by atoms with E-state index < -0.39 is 11.9 Å². The van der Waals surface area contributed by atoms with Crippen LogP contribution < -0.4 is 0 Å². The van der Waals surface area contributed by atoms with Crippen molar-refractivity contribution >= 4 is 22.8 Å². The Morgan fingerprint density at radius 3 is 2.48 bits per heavy atom. The zero-order valence-electron chi connectivity index (χ0n) is 13.6. The fourth-order valence-corrected chi connectivity index (χ4v) is 3.10. The van der Waals surface area contributed by atoms with Crippen LogP contribution >= 0.6 is 0 Å². The Balaban J connectivity index is 2.20. The summed E-state index contributed by atoms with van der Waals surface area (Å²) in [6.07, 6.45) is -0.137. The highest BCUT2D eigenvalue weighted by Gasteiger charge is 2.18. The van der Waals surface area contributed by atoms with Crippen LogP contribution in [0.3, 0.4) is 0 Å². The van der Waals surface area contributed by atoms with E-state index in [-0.39, 0.29) is 17.7 Å². The lowest BCUT2D eigenvalue weighted by Crippen LogP contribution is -2.05. The number of carboxylic acids is 2. The van der Waals surface area contributed by atoms with E-state index in [1.807, 2.05) is 17.6 Å². The van der Waals surface area contributed by atoms with Crippen LogP contribution in [0.15, 0.2) is 42.5 Å². The predicted octanol–water partition coefficient (Wildman–Crippen LogP) is 3.03. The SMILES string of the molecule is Cc1c(CC(=O)O)c2ccc(C(=O)O)cc2n1Cc1cccc(O)c1. The lowest BCUT2D eigenvalue weighted by atomic mass is 10.1. The number of phenolic OH excluding ortho intramolecular Hbond substituents is 1. The highest BCUT2D eigenvalue weighted by Crippen LogP contribution is 2.29. The Kier molecular flexibility index (Phi) is 4.19. The van der Waals surface area contributed by atoms with Crippen molar-refractivity contribution in [1.82, 2.24) is 4.57 Å². The normalized spacial score (nSPS) is 10.9. The summed E-state index contributed by atoms with van der Waals surface area (Å²) in [5.41, 5.74) is 3.08. The monoisotopic (exact) mass is 339 g/mol. The molecule has 0 aliphatic rings. The summed E-state index contributed by atoms with van der Waals surface area (Å²) in [6, 6.07) is 11.5. The van der Waals surface area contributed by atoms with Gasteiger partial charge in [0.2, 0.25) is 0 Å². The summed E-state index contributed by atoms with van der Waals surface area (Å²) >= 11 is 0. The number of carboxylic acid groups (broad SMARTS) is 2. The second-order valence-corrected chi connectivity index (χ2v) is 5.93. The number of aromatic hydroxyl groups is 1. The molecule has 0 atom stereocenters. The van der Waals surface area contributed by atoms with Gasteiger partial charge >= 0.3 is 11.9 Å². The standard InChI is InChI=1S/C19H17NO5/c1-11-16(9-18(22)23)15-6-5-13(19(24)25)8-17(15)20(11)10-12-3-2-4-14(21)7-12/h2-8,21H,9-10H2,1H3,(H,22,23)(H,24,25). The van der Waals surface area contributed by atoms with Crippen molar-refractivity contribution in [1.29, 1.82) is 0 Å². The zero-order chi connectivity index (χ0) is 18.1. The van der Waals surface area contributed by atoms with E-state index in [9.17, 15) is 24.9 Å². The van der Waals surface area contributed by atoms with Gasteiger partial charge in [-0.2, -0.15) is 0 Å². The van der Waals surface area contributed by atoms with Crippen molar-refractivity contribution < 1.29 is 24.9 Å². The van der Waals surface area contributed by atoms with Crippen molar-refractivity contribution in [3.8, 4) is 5.75 Å². The molecule has 3 N–H and O–H groups in total. The molecule has 0 saturated carbocycles. The minimum atomic E-state index is -1.04. The molecule has 0 fully saturated rings. The van der Waals surface area contributed by atoms with E-state index >= 15 is 0 Å². The average Bonchev–Trinajstić information content (AvgIpc) is 2.79. The van der Waals surface area contributed by atoms with Gasteiger partial charge in [0, 0.05) is 23.1 Å². The molecule has 25 heavy (non-hydrogen) atoms. The Morgan fingerprint density at radius 2 is 1.84 bits per heavy atom. The fraction of sp³-hybridized carbons (Fsp3) is 0.158. The Bertz CT molecular complexity index is 987. The molecule has 0 saturated heterocycles. The Hall–Kier alpha value is -3.28. The van der Waals surface area contributed by atoms with Gasteiger partial charge in [0.15, 0.2) is 0 Å². The second kappa shape index (κ2) is 6.32. The summed E-state index contributed by atoms with van der Waals surface area (Å²) < 4.78 is 1.88. The van der Waals surface area contributed by atoms with E-state index in [0.717, 1.165) is 16.6 Å². The van der Waals surface area contributed by atoms with Gasteiger partial charge < -0.3 is 19.9 Å². The molecule has 3 rings (SSSR count). The minimum absolute atomic E-state index is 0.137. The zero-order valence-corrected chi connectivity index (χ0v) is 13.6. The molecule has 6 heteroatoms. The van der Waals surface area contributed by atoms with Crippen molar-refractivity contribution in [3.63, 3.8) is 0 Å². The average molecular weight is 339 g/mol. The molecule has 0 aliphatic heterocycles. The van der Waals surface area contributed by atoms with Crippen LogP contribution in [0.25, 0.3) is 10.9 Å². The summed E-state index contributed by atoms with van der Waals surface area (Å²) in [7, 11) is 0. The first-order valence-electron chi connectivity index (χ1n) is 7.71. The Labute approximate surface area is 143 Å². The molecule has 0 radical (unpaired) electrons. The maximum atomic E-state index is 11.3. The van der Waals surface area contributed by atoms with Gasteiger partial charge in [0.25, 0.3) is 0 Å². The van der Waals surface area contributed by atoms with E-state index in [1.165, 1.54) is 6.07 Å². The van der Waals surface area contributed by atoms with Gasteiger partial charge in [-0.25, -0.2) is 4.79 Å². The predicted molar refractivity (Wildman–Crippen MR) is 92.2 cm³/mol. The number of rotatable bonds is 5. The van der Waals surface area contributed by atoms with Gasteiger partial charge in [-0.3, -0.25) is 4.79 Å². The smallest absolute Gasteiger partial charge is 0.335 e. The van der Waals surface area contributed by atoms with E-state index in [2.05, 4.69) is 0 Å². The molecule has 0 unspecified atom stereocenters. The van der Waals surface area contributed by atoms with Crippen LogP contribution in [0, 0.1) is 6.92 Å².